The topological polar surface area (TPSA) is 41.6 Å². The van der Waals surface area contributed by atoms with Gasteiger partial charge in [0.2, 0.25) is 0 Å². The number of hydrogen-bond donors (Lipinski definition) is 1. The van der Waals surface area contributed by atoms with Gasteiger partial charge in [0.05, 0.1) is 0 Å². The third-order valence-corrected chi connectivity index (χ3v) is 3.50. The second-order valence-corrected chi connectivity index (χ2v) is 6.70. The SMILES string of the molecule is CSCCCNC1CCN(C(=O)OC(C)(C)C)C1. The molecule has 1 heterocycles. The van der Waals surface area contributed by atoms with Crippen molar-refractivity contribution < 1.29 is 9.53 Å². The summed E-state index contributed by atoms with van der Waals surface area (Å²) >= 11 is 1.87. The number of likely N-dealkylation sites (tertiary alicyclic amines) is 1. The average Bonchev–Trinajstić information content (AvgIpc) is 2.71. The van der Waals surface area contributed by atoms with Crippen LogP contribution in [0.15, 0.2) is 0 Å². The lowest BCUT2D eigenvalue weighted by Crippen LogP contribution is -2.38. The van der Waals surface area contributed by atoms with E-state index in [2.05, 4.69) is 11.6 Å². The van der Waals surface area contributed by atoms with Crippen LogP contribution in [0.1, 0.15) is 33.6 Å². The van der Waals surface area contributed by atoms with Crippen LogP contribution >= 0.6 is 11.8 Å². The molecule has 0 aromatic carbocycles. The number of hydrogen-bond acceptors (Lipinski definition) is 4. The summed E-state index contributed by atoms with van der Waals surface area (Å²) < 4.78 is 5.37. The Bertz CT molecular complexity index is 266. The lowest BCUT2D eigenvalue weighted by molar-refractivity contribution is 0.0291. The van der Waals surface area contributed by atoms with E-state index in [4.69, 9.17) is 4.74 Å². The standard InChI is InChI=1S/C13H26N2O2S/c1-13(2,3)17-12(16)15-8-6-11(10-15)14-7-5-9-18-4/h11,14H,5-10H2,1-4H3. The molecular weight excluding hydrogens is 248 g/mol. The molecule has 1 saturated heterocycles. The fourth-order valence-electron chi connectivity index (χ4n) is 1.94. The van der Waals surface area contributed by atoms with Gasteiger partial charge in [-0.3, -0.25) is 0 Å². The summed E-state index contributed by atoms with van der Waals surface area (Å²) in [6.45, 7) is 8.31. The third-order valence-electron chi connectivity index (χ3n) is 2.80. The molecular formula is C13H26N2O2S. The molecule has 1 amide bonds. The van der Waals surface area contributed by atoms with E-state index in [1.165, 1.54) is 12.2 Å². The summed E-state index contributed by atoms with van der Waals surface area (Å²) in [6, 6.07) is 0.430. The van der Waals surface area contributed by atoms with E-state index < -0.39 is 5.60 Å². The second kappa shape index (κ2) is 7.24. The Hall–Kier alpha value is -0.420. The molecule has 0 aromatic heterocycles. The largest absolute Gasteiger partial charge is 0.444 e. The molecule has 1 rings (SSSR count). The highest BCUT2D eigenvalue weighted by Gasteiger charge is 2.29. The first kappa shape index (κ1) is 15.6. The van der Waals surface area contributed by atoms with Crippen LogP contribution in [0, 0.1) is 0 Å². The van der Waals surface area contributed by atoms with Gasteiger partial charge in [-0.05, 0) is 52.2 Å². The number of thioether (sulfide) groups is 1. The molecule has 1 unspecified atom stereocenters. The van der Waals surface area contributed by atoms with Crippen LogP contribution in [-0.4, -0.2) is 54.3 Å². The molecule has 0 aliphatic carbocycles. The first-order valence-corrected chi connectivity index (χ1v) is 8.02. The molecule has 0 spiro atoms. The minimum absolute atomic E-state index is 0.184. The van der Waals surface area contributed by atoms with Crippen LogP contribution in [0.25, 0.3) is 0 Å². The summed E-state index contributed by atoms with van der Waals surface area (Å²) in [5, 5.41) is 3.50. The van der Waals surface area contributed by atoms with Crippen LogP contribution in [-0.2, 0) is 4.74 Å². The van der Waals surface area contributed by atoms with Gasteiger partial charge in [0, 0.05) is 19.1 Å². The third kappa shape index (κ3) is 5.96. The van der Waals surface area contributed by atoms with Crippen molar-refractivity contribution in [3.63, 3.8) is 0 Å². The number of nitrogens with one attached hydrogen (secondary N) is 1. The molecule has 0 aromatic rings. The maximum Gasteiger partial charge on any atom is 0.410 e. The summed E-state index contributed by atoms with van der Waals surface area (Å²) in [5.41, 5.74) is -0.402. The summed E-state index contributed by atoms with van der Waals surface area (Å²) in [5.74, 6) is 1.19. The van der Waals surface area contributed by atoms with Crippen molar-refractivity contribution in [2.24, 2.45) is 0 Å². The van der Waals surface area contributed by atoms with Gasteiger partial charge in [-0.2, -0.15) is 11.8 Å². The van der Waals surface area contributed by atoms with E-state index in [-0.39, 0.29) is 6.09 Å². The summed E-state index contributed by atoms with van der Waals surface area (Å²) in [6.07, 6.45) is 4.15. The number of carbonyl (C=O) groups is 1. The molecule has 0 radical (unpaired) electrons. The Balaban J connectivity index is 2.22. The van der Waals surface area contributed by atoms with Crippen molar-refractivity contribution in [2.45, 2.75) is 45.3 Å². The zero-order valence-corrected chi connectivity index (χ0v) is 12.8. The number of amides is 1. The number of ether oxygens (including phenoxy) is 1. The molecule has 0 saturated carbocycles. The van der Waals surface area contributed by atoms with Crippen molar-refractivity contribution in [3.8, 4) is 0 Å². The van der Waals surface area contributed by atoms with Gasteiger partial charge < -0.3 is 15.0 Å². The molecule has 1 aliphatic heterocycles. The van der Waals surface area contributed by atoms with Crippen LogP contribution in [0.4, 0.5) is 4.79 Å². The van der Waals surface area contributed by atoms with Gasteiger partial charge in [0.25, 0.3) is 0 Å². The summed E-state index contributed by atoms with van der Waals surface area (Å²) in [7, 11) is 0. The van der Waals surface area contributed by atoms with Gasteiger partial charge in [-0.15, -0.1) is 0 Å². The van der Waals surface area contributed by atoms with E-state index in [0.717, 1.165) is 26.1 Å². The molecule has 1 N–H and O–H groups in total. The van der Waals surface area contributed by atoms with Crippen LogP contribution in [0.3, 0.4) is 0 Å². The Kier molecular flexibility index (Phi) is 6.29. The smallest absolute Gasteiger partial charge is 0.410 e. The first-order valence-electron chi connectivity index (χ1n) is 6.62. The molecule has 106 valence electrons. The fourth-order valence-corrected chi connectivity index (χ4v) is 2.37. The predicted molar refractivity (Wildman–Crippen MR) is 77.2 cm³/mol. The fraction of sp³-hybridized carbons (Fsp3) is 0.923. The van der Waals surface area contributed by atoms with Gasteiger partial charge >= 0.3 is 6.09 Å². The molecule has 1 aliphatic rings. The van der Waals surface area contributed by atoms with E-state index in [1.807, 2.05) is 32.5 Å². The zero-order valence-electron chi connectivity index (χ0n) is 12.0. The number of rotatable bonds is 5. The van der Waals surface area contributed by atoms with Crippen molar-refractivity contribution in [1.82, 2.24) is 10.2 Å². The minimum Gasteiger partial charge on any atom is -0.444 e. The van der Waals surface area contributed by atoms with Crippen molar-refractivity contribution in [2.75, 3.05) is 31.6 Å². The quantitative estimate of drug-likeness (QED) is 0.781. The Morgan fingerprint density at radius 3 is 2.83 bits per heavy atom. The van der Waals surface area contributed by atoms with Crippen molar-refractivity contribution in [1.29, 1.82) is 0 Å². The highest BCUT2D eigenvalue weighted by molar-refractivity contribution is 7.98. The lowest BCUT2D eigenvalue weighted by Gasteiger charge is -2.24. The number of carbonyl (C=O) groups excluding carboxylic acids is 1. The van der Waals surface area contributed by atoms with E-state index in [0.29, 0.717) is 6.04 Å². The maximum absolute atomic E-state index is 11.9. The summed E-state index contributed by atoms with van der Waals surface area (Å²) in [4.78, 5) is 13.7. The second-order valence-electron chi connectivity index (χ2n) is 5.71. The Labute approximate surface area is 115 Å². The molecule has 1 fully saturated rings. The van der Waals surface area contributed by atoms with E-state index in [9.17, 15) is 4.79 Å². The Morgan fingerprint density at radius 2 is 2.22 bits per heavy atom. The molecule has 1 atom stereocenters. The minimum atomic E-state index is -0.402. The maximum atomic E-state index is 11.9. The van der Waals surface area contributed by atoms with Crippen molar-refractivity contribution in [3.05, 3.63) is 0 Å². The highest BCUT2D eigenvalue weighted by atomic mass is 32.2. The average molecular weight is 274 g/mol. The van der Waals surface area contributed by atoms with E-state index >= 15 is 0 Å². The lowest BCUT2D eigenvalue weighted by atomic mass is 10.2. The van der Waals surface area contributed by atoms with Gasteiger partial charge in [-0.1, -0.05) is 0 Å². The van der Waals surface area contributed by atoms with Crippen LogP contribution in [0.5, 0.6) is 0 Å². The predicted octanol–water partition coefficient (Wildman–Crippen LogP) is 2.34. The highest BCUT2D eigenvalue weighted by Crippen LogP contribution is 2.15. The van der Waals surface area contributed by atoms with Crippen LogP contribution < -0.4 is 5.32 Å². The van der Waals surface area contributed by atoms with Gasteiger partial charge in [0.15, 0.2) is 0 Å². The molecule has 18 heavy (non-hydrogen) atoms. The molecule has 5 heteroatoms. The van der Waals surface area contributed by atoms with Gasteiger partial charge in [0.1, 0.15) is 5.60 Å². The monoisotopic (exact) mass is 274 g/mol. The van der Waals surface area contributed by atoms with Crippen molar-refractivity contribution >= 4 is 17.9 Å². The normalized spacial score (nSPS) is 20.2. The first-order chi connectivity index (χ1) is 8.42. The number of nitrogens with zero attached hydrogens (tertiary/aromatic N) is 1. The van der Waals surface area contributed by atoms with Gasteiger partial charge in [-0.25, -0.2) is 4.79 Å². The molecule has 0 bridgehead atoms. The van der Waals surface area contributed by atoms with E-state index in [1.54, 1.807) is 4.90 Å². The van der Waals surface area contributed by atoms with Crippen LogP contribution in [0.2, 0.25) is 0 Å². The molecule has 4 nitrogen and oxygen atoms in total. The Morgan fingerprint density at radius 1 is 1.50 bits per heavy atom. The zero-order chi connectivity index (χ0) is 13.6.